The van der Waals surface area contributed by atoms with Gasteiger partial charge in [0, 0.05) is 33.5 Å². The molecule has 4 aromatic rings. The number of amides is 1. The Bertz CT molecular complexity index is 1280. The van der Waals surface area contributed by atoms with Gasteiger partial charge in [0.25, 0.3) is 0 Å². The molecule has 2 heterocycles. The highest BCUT2D eigenvalue weighted by molar-refractivity contribution is 7.09. The molecule has 0 spiro atoms. The predicted molar refractivity (Wildman–Crippen MR) is 132 cm³/mol. The summed E-state index contributed by atoms with van der Waals surface area (Å²) in [6.07, 6.45) is 3.43. The lowest BCUT2D eigenvalue weighted by molar-refractivity contribution is -0.116. The lowest BCUT2D eigenvalue weighted by atomic mass is 9.96. The highest BCUT2D eigenvalue weighted by atomic mass is 32.1. The lowest BCUT2D eigenvalue weighted by Gasteiger charge is -2.12. The lowest BCUT2D eigenvalue weighted by Crippen LogP contribution is -2.20. The predicted octanol–water partition coefficient (Wildman–Crippen LogP) is 6.90. The van der Waals surface area contributed by atoms with Gasteiger partial charge in [-0.15, -0.1) is 11.3 Å². The average molecular weight is 446 g/mol. The molecule has 2 aromatic heterocycles. The molecule has 0 atom stereocenters. The minimum Gasteiger partial charge on any atom is -0.493 e. The van der Waals surface area contributed by atoms with Gasteiger partial charge in [-0.05, 0) is 61.9 Å². The van der Waals surface area contributed by atoms with Crippen molar-refractivity contribution in [2.45, 2.75) is 34.2 Å². The molecule has 0 radical (unpaired) electrons. The fraction of sp³-hybridized carbons (Fsp3) is 0.222. The summed E-state index contributed by atoms with van der Waals surface area (Å²) in [6, 6.07) is 14.4. The number of benzene rings is 2. The quantitative estimate of drug-likeness (QED) is 0.315. The molecule has 0 aliphatic heterocycles. The highest BCUT2D eigenvalue weighted by Gasteiger charge is 2.16. The first-order valence-electron chi connectivity index (χ1n) is 10.7. The third-order valence-corrected chi connectivity index (χ3v) is 6.31. The summed E-state index contributed by atoms with van der Waals surface area (Å²) in [7, 11) is 0. The first-order valence-corrected chi connectivity index (χ1v) is 11.6. The van der Waals surface area contributed by atoms with E-state index in [9.17, 15) is 4.79 Å². The van der Waals surface area contributed by atoms with Gasteiger partial charge >= 0.3 is 0 Å². The molecule has 32 heavy (non-hydrogen) atoms. The number of hydrogen-bond donors (Lipinski definition) is 1. The summed E-state index contributed by atoms with van der Waals surface area (Å²) < 4.78 is 11.8. The third-order valence-electron chi connectivity index (χ3n) is 5.44. The molecule has 1 amide bonds. The van der Waals surface area contributed by atoms with Gasteiger partial charge in [0.15, 0.2) is 0 Å². The van der Waals surface area contributed by atoms with E-state index >= 15 is 0 Å². The summed E-state index contributed by atoms with van der Waals surface area (Å²) in [4.78, 5) is 13.7. The molecule has 4 rings (SSSR count). The van der Waals surface area contributed by atoms with Gasteiger partial charge in [-0.2, -0.15) is 0 Å². The van der Waals surface area contributed by atoms with Crippen LogP contribution < -0.4 is 10.1 Å². The van der Waals surface area contributed by atoms with Crippen LogP contribution in [0.15, 0.2) is 64.6 Å². The van der Waals surface area contributed by atoms with Gasteiger partial charge in [0.2, 0.25) is 5.91 Å². The van der Waals surface area contributed by atoms with Gasteiger partial charge in [-0.25, -0.2) is 0 Å². The topological polar surface area (TPSA) is 51.5 Å². The second kappa shape index (κ2) is 9.45. The molecule has 0 aliphatic carbocycles. The molecule has 1 N–H and O–H groups in total. The average Bonchev–Trinajstić information content (AvgIpc) is 3.42. The van der Waals surface area contributed by atoms with Crippen molar-refractivity contribution in [3.63, 3.8) is 0 Å². The van der Waals surface area contributed by atoms with E-state index in [1.165, 1.54) is 11.1 Å². The second-order valence-corrected chi connectivity index (χ2v) is 8.90. The number of furan rings is 1. The summed E-state index contributed by atoms with van der Waals surface area (Å²) >= 11 is 1.63. The van der Waals surface area contributed by atoms with E-state index in [0.29, 0.717) is 18.9 Å². The van der Waals surface area contributed by atoms with Crippen LogP contribution in [-0.4, -0.2) is 12.5 Å². The number of carbonyl (C=O) groups is 1. The number of allylic oxidation sites excluding steroid dienone is 1. The molecule has 5 heteroatoms. The van der Waals surface area contributed by atoms with Crippen molar-refractivity contribution in [2.75, 3.05) is 6.61 Å². The normalized spacial score (nSPS) is 11.7. The Morgan fingerprint density at radius 3 is 2.72 bits per heavy atom. The van der Waals surface area contributed by atoms with Gasteiger partial charge in [-0.1, -0.05) is 29.8 Å². The van der Waals surface area contributed by atoms with Gasteiger partial charge < -0.3 is 14.5 Å². The number of nitrogens with one attached hydrogen (secondary N) is 1. The molecular formula is C27H27NO3S. The zero-order chi connectivity index (χ0) is 22.7. The Kier molecular flexibility index (Phi) is 6.47. The third kappa shape index (κ3) is 4.63. The fourth-order valence-corrected chi connectivity index (χ4v) is 4.52. The second-order valence-electron chi connectivity index (χ2n) is 7.87. The van der Waals surface area contributed by atoms with E-state index in [4.69, 9.17) is 9.15 Å². The van der Waals surface area contributed by atoms with Crippen molar-refractivity contribution in [2.24, 2.45) is 0 Å². The molecule has 2 aromatic carbocycles. The van der Waals surface area contributed by atoms with Crippen molar-refractivity contribution < 1.29 is 13.9 Å². The summed E-state index contributed by atoms with van der Waals surface area (Å²) in [5.74, 6) is 0.585. The standard InChI is InChI=1S/C27H27NO3S/c1-5-30-25-14-26-23(24(16-31-26)21-9-8-17(2)11-18(21)3)13-22(25)19(4)12-27(29)28-15-20-7-6-10-32-20/h6-14,16H,5,15H2,1-4H3,(H,28,29)/b19-12+. The Morgan fingerprint density at radius 1 is 1.16 bits per heavy atom. The van der Waals surface area contributed by atoms with E-state index < -0.39 is 0 Å². The number of rotatable bonds is 7. The van der Waals surface area contributed by atoms with E-state index in [1.807, 2.05) is 37.4 Å². The van der Waals surface area contributed by atoms with Crippen LogP contribution in [0.4, 0.5) is 0 Å². The maximum atomic E-state index is 12.5. The fourth-order valence-electron chi connectivity index (χ4n) is 3.88. The van der Waals surface area contributed by atoms with Crippen LogP contribution in [-0.2, 0) is 11.3 Å². The molecule has 0 aliphatic rings. The van der Waals surface area contributed by atoms with Crippen LogP contribution in [0.3, 0.4) is 0 Å². The summed E-state index contributed by atoms with van der Waals surface area (Å²) in [5, 5.41) is 5.96. The van der Waals surface area contributed by atoms with E-state index in [-0.39, 0.29) is 5.91 Å². The first kappa shape index (κ1) is 21.9. The van der Waals surface area contributed by atoms with Crippen molar-refractivity contribution in [1.29, 1.82) is 0 Å². The number of aryl methyl sites for hydroxylation is 2. The Balaban J connectivity index is 1.71. The molecule has 4 nitrogen and oxygen atoms in total. The highest BCUT2D eigenvalue weighted by Crippen LogP contribution is 2.38. The SMILES string of the molecule is CCOc1cc2occ(-c3ccc(C)cc3C)c2cc1/C(C)=C/C(=O)NCc1cccs1. The summed E-state index contributed by atoms with van der Waals surface area (Å²) in [5.41, 5.74) is 7.09. The Morgan fingerprint density at radius 2 is 2.00 bits per heavy atom. The van der Waals surface area contributed by atoms with Crippen molar-refractivity contribution in [1.82, 2.24) is 5.32 Å². The number of thiophene rings is 1. The maximum absolute atomic E-state index is 12.5. The monoisotopic (exact) mass is 445 g/mol. The molecule has 0 fully saturated rings. The van der Waals surface area contributed by atoms with E-state index in [1.54, 1.807) is 23.7 Å². The van der Waals surface area contributed by atoms with Crippen LogP contribution >= 0.6 is 11.3 Å². The van der Waals surface area contributed by atoms with Crippen molar-refractivity contribution in [3.05, 3.63) is 81.8 Å². The van der Waals surface area contributed by atoms with E-state index in [2.05, 4.69) is 43.4 Å². The largest absolute Gasteiger partial charge is 0.493 e. The zero-order valence-corrected chi connectivity index (χ0v) is 19.6. The van der Waals surface area contributed by atoms with Gasteiger partial charge in [0.1, 0.15) is 11.3 Å². The summed E-state index contributed by atoms with van der Waals surface area (Å²) in [6.45, 7) is 9.14. The van der Waals surface area contributed by atoms with E-state index in [0.717, 1.165) is 38.1 Å². The minimum absolute atomic E-state index is 0.125. The van der Waals surface area contributed by atoms with Gasteiger partial charge in [0.05, 0.1) is 19.4 Å². The molecule has 164 valence electrons. The number of ether oxygens (including phenoxy) is 1. The van der Waals surface area contributed by atoms with Crippen LogP contribution in [0.5, 0.6) is 5.75 Å². The molecule has 0 saturated heterocycles. The Labute approximate surface area is 192 Å². The minimum atomic E-state index is -0.125. The number of hydrogen-bond acceptors (Lipinski definition) is 4. The molecular weight excluding hydrogens is 418 g/mol. The van der Waals surface area contributed by atoms with Crippen molar-refractivity contribution in [3.8, 4) is 16.9 Å². The number of carbonyl (C=O) groups excluding carboxylic acids is 1. The molecule has 0 saturated carbocycles. The van der Waals surface area contributed by atoms with Crippen LogP contribution in [0, 0.1) is 13.8 Å². The van der Waals surface area contributed by atoms with Crippen LogP contribution in [0.1, 0.15) is 35.4 Å². The van der Waals surface area contributed by atoms with Gasteiger partial charge in [-0.3, -0.25) is 4.79 Å². The first-order chi connectivity index (χ1) is 15.5. The van der Waals surface area contributed by atoms with Crippen LogP contribution in [0.2, 0.25) is 0 Å². The van der Waals surface area contributed by atoms with Crippen LogP contribution in [0.25, 0.3) is 27.7 Å². The molecule has 0 unspecified atom stereocenters. The van der Waals surface area contributed by atoms with Crippen molar-refractivity contribution >= 4 is 33.8 Å². The molecule has 0 bridgehead atoms. The number of fused-ring (bicyclic) bond motifs is 1. The smallest absolute Gasteiger partial charge is 0.244 e. The maximum Gasteiger partial charge on any atom is 0.244 e. The zero-order valence-electron chi connectivity index (χ0n) is 18.8. The Hall–Kier alpha value is -3.31.